The third-order valence-corrected chi connectivity index (χ3v) is 6.09. The molecule has 1 amide bonds. The molecule has 2 rings (SSSR count). The standard InChI is InChI=1S/C14H15N3O5S3/c15-25(21,22)11-3-1-10(2-4-11)5-7-16-13(18)9-24-12-6-8-23-14(12)17(19)20/h1-4,6,8H,5,7,9H2,(H,16,18)(H2,15,21,22). The minimum Gasteiger partial charge on any atom is -0.355 e. The minimum absolute atomic E-state index is 0.0349. The number of hydrogen-bond donors (Lipinski definition) is 2. The highest BCUT2D eigenvalue weighted by Crippen LogP contribution is 2.33. The number of hydrogen-bond acceptors (Lipinski definition) is 7. The molecule has 0 radical (unpaired) electrons. The zero-order chi connectivity index (χ0) is 18.4. The number of thiophene rings is 1. The molecule has 0 aliphatic rings. The molecular weight excluding hydrogens is 386 g/mol. The third-order valence-electron chi connectivity index (χ3n) is 3.12. The van der Waals surface area contributed by atoms with Crippen molar-refractivity contribution < 1.29 is 18.1 Å². The summed E-state index contributed by atoms with van der Waals surface area (Å²) in [4.78, 5) is 22.6. The van der Waals surface area contributed by atoms with Gasteiger partial charge in [-0.25, -0.2) is 13.6 Å². The first-order chi connectivity index (χ1) is 11.8. The second kappa shape index (κ2) is 8.43. The molecule has 0 saturated carbocycles. The summed E-state index contributed by atoms with van der Waals surface area (Å²) in [5, 5.41) is 20.2. The van der Waals surface area contributed by atoms with E-state index in [1.807, 2.05) is 0 Å². The van der Waals surface area contributed by atoms with E-state index in [1.165, 1.54) is 12.1 Å². The van der Waals surface area contributed by atoms with E-state index in [4.69, 9.17) is 5.14 Å². The highest BCUT2D eigenvalue weighted by atomic mass is 32.2. The molecular formula is C14H15N3O5S3. The highest BCUT2D eigenvalue weighted by Gasteiger charge is 2.16. The number of thioether (sulfide) groups is 1. The van der Waals surface area contributed by atoms with Gasteiger partial charge in [-0.3, -0.25) is 14.9 Å². The van der Waals surface area contributed by atoms with E-state index in [0.717, 1.165) is 28.7 Å². The largest absolute Gasteiger partial charge is 0.355 e. The normalized spacial score (nSPS) is 11.2. The van der Waals surface area contributed by atoms with Gasteiger partial charge in [-0.05, 0) is 35.6 Å². The maximum atomic E-state index is 11.8. The first-order valence-corrected chi connectivity index (χ1v) is 10.4. The van der Waals surface area contributed by atoms with Gasteiger partial charge in [0.1, 0.15) is 0 Å². The Kier molecular flexibility index (Phi) is 6.53. The molecule has 1 heterocycles. The molecule has 11 heteroatoms. The first-order valence-electron chi connectivity index (χ1n) is 7.00. The van der Waals surface area contributed by atoms with Crippen molar-refractivity contribution in [2.24, 2.45) is 5.14 Å². The second-order valence-corrected chi connectivity index (χ2v) is 8.40. The average molecular weight is 401 g/mol. The molecule has 0 aliphatic carbocycles. The number of nitro groups is 1. The lowest BCUT2D eigenvalue weighted by Crippen LogP contribution is -2.27. The maximum Gasteiger partial charge on any atom is 0.337 e. The van der Waals surface area contributed by atoms with Crippen molar-refractivity contribution in [3.63, 3.8) is 0 Å². The Bertz CT molecular complexity index is 862. The number of nitrogens with zero attached hydrogens (tertiary/aromatic N) is 1. The van der Waals surface area contributed by atoms with E-state index in [1.54, 1.807) is 23.6 Å². The molecule has 1 aromatic carbocycles. The number of nitrogens with one attached hydrogen (secondary N) is 1. The van der Waals surface area contributed by atoms with Gasteiger partial charge in [-0.1, -0.05) is 23.5 Å². The van der Waals surface area contributed by atoms with Crippen LogP contribution in [0.15, 0.2) is 45.5 Å². The fourth-order valence-electron chi connectivity index (χ4n) is 1.92. The monoisotopic (exact) mass is 401 g/mol. The zero-order valence-corrected chi connectivity index (χ0v) is 15.3. The molecule has 0 aliphatic heterocycles. The number of amides is 1. The average Bonchev–Trinajstić information content (AvgIpc) is 3.01. The van der Waals surface area contributed by atoms with Gasteiger partial charge in [0.2, 0.25) is 15.9 Å². The molecule has 0 unspecified atom stereocenters. The predicted octanol–water partition coefficient (Wildman–Crippen LogP) is 1.75. The van der Waals surface area contributed by atoms with Crippen molar-refractivity contribution in [1.29, 1.82) is 0 Å². The quantitative estimate of drug-likeness (QED) is 0.393. The van der Waals surface area contributed by atoms with Crippen LogP contribution >= 0.6 is 23.1 Å². The maximum absolute atomic E-state index is 11.8. The summed E-state index contributed by atoms with van der Waals surface area (Å²) in [5.74, 6) is -0.145. The molecule has 2 aromatic rings. The van der Waals surface area contributed by atoms with Crippen LogP contribution in [0.2, 0.25) is 0 Å². The molecule has 0 fully saturated rings. The predicted molar refractivity (Wildman–Crippen MR) is 96.2 cm³/mol. The lowest BCUT2D eigenvalue weighted by Gasteiger charge is -2.06. The van der Waals surface area contributed by atoms with Crippen LogP contribution in [0.1, 0.15) is 5.56 Å². The fourth-order valence-corrected chi connectivity index (χ4v) is 4.20. The van der Waals surface area contributed by atoms with E-state index in [-0.39, 0.29) is 21.6 Å². The van der Waals surface area contributed by atoms with Crippen molar-refractivity contribution >= 4 is 44.0 Å². The van der Waals surface area contributed by atoms with E-state index < -0.39 is 14.9 Å². The SMILES string of the molecule is NS(=O)(=O)c1ccc(CCNC(=O)CSc2ccsc2[N+](=O)[O-])cc1. The van der Waals surface area contributed by atoms with Crippen molar-refractivity contribution in [2.75, 3.05) is 12.3 Å². The minimum atomic E-state index is -3.71. The molecule has 1 aromatic heterocycles. The summed E-state index contributed by atoms with van der Waals surface area (Å²) in [6.07, 6.45) is 0.528. The Hall–Kier alpha value is -1.95. The summed E-state index contributed by atoms with van der Waals surface area (Å²) in [7, 11) is -3.71. The van der Waals surface area contributed by atoms with Gasteiger partial charge in [-0.2, -0.15) is 0 Å². The van der Waals surface area contributed by atoms with Crippen LogP contribution in [0.4, 0.5) is 5.00 Å². The van der Waals surface area contributed by atoms with Gasteiger partial charge in [0.05, 0.1) is 20.5 Å². The van der Waals surface area contributed by atoms with E-state index >= 15 is 0 Å². The number of benzene rings is 1. The Morgan fingerprint density at radius 2 is 1.96 bits per heavy atom. The molecule has 0 atom stereocenters. The number of nitrogens with two attached hydrogens (primary N) is 1. The fraction of sp³-hybridized carbons (Fsp3) is 0.214. The zero-order valence-electron chi connectivity index (χ0n) is 12.9. The molecule has 25 heavy (non-hydrogen) atoms. The van der Waals surface area contributed by atoms with Gasteiger partial charge in [-0.15, -0.1) is 11.8 Å². The van der Waals surface area contributed by atoms with Crippen LogP contribution in [0, 0.1) is 10.1 Å². The van der Waals surface area contributed by atoms with Crippen LogP contribution in [0.25, 0.3) is 0 Å². The first kappa shape index (κ1) is 19.4. The second-order valence-electron chi connectivity index (χ2n) is 4.92. The van der Waals surface area contributed by atoms with Crippen molar-refractivity contribution in [1.82, 2.24) is 5.32 Å². The Morgan fingerprint density at radius 1 is 1.28 bits per heavy atom. The summed E-state index contributed by atoms with van der Waals surface area (Å²) >= 11 is 2.14. The number of carbonyl (C=O) groups excluding carboxylic acids is 1. The summed E-state index contributed by atoms with van der Waals surface area (Å²) in [6.45, 7) is 0.375. The topological polar surface area (TPSA) is 132 Å². The summed E-state index contributed by atoms with van der Waals surface area (Å²) in [5.41, 5.74) is 0.855. The van der Waals surface area contributed by atoms with Gasteiger partial charge < -0.3 is 5.32 Å². The Labute approximate surface area is 152 Å². The molecule has 3 N–H and O–H groups in total. The number of carbonyl (C=O) groups is 1. The third kappa shape index (κ3) is 5.81. The Balaban J connectivity index is 1.77. The van der Waals surface area contributed by atoms with Crippen LogP contribution in [-0.4, -0.2) is 31.5 Å². The van der Waals surface area contributed by atoms with Crippen LogP contribution in [0.5, 0.6) is 0 Å². The van der Waals surface area contributed by atoms with Gasteiger partial charge in [0.15, 0.2) is 0 Å². The number of rotatable bonds is 8. The van der Waals surface area contributed by atoms with E-state index in [9.17, 15) is 23.3 Å². The van der Waals surface area contributed by atoms with Crippen LogP contribution < -0.4 is 10.5 Å². The van der Waals surface area contributed by atoms with Crippen LogP contribution in [0.3, 0.4) is 0 Å². The van der Waals surface area contributed by atoms with Gasteiger partial charge in [0, 0.05) is 6.54 Å². The van der Waals surface area contributed by atoms with Crippen molar-refractivity contribution in [3.05, 3.63) is 51.4 Å². The molecule has 8 nitrogen and oxygen atoms in total. The Morgan fingerprint density at radius 3 is 2.56 bits per heavy atom. The molecule has 0 spiro atoms. The highest BCUT2D eigenvalue weighted by molar-refractivity contribution is 8.00. The lowest BCUT2D eigenvalue weighted by molar-refractivity contribution is -0.382. The molecule has 0 saturated heterocycles. The van der Waals surface area contributed by atoms with Gasteiger partial charge >= 0.3 is 5.00 Å². The number of primary sulfonamides is 1. The number of sulfonamides is 1. The summed E-state index contributed by atoms with van der Waals surface area (Å²) in [6, 6.07) is 7.72. The molecule has 0 bridgehead atoms. The smallest absolute Gasteiger partial charge is 0.337 e. The van der Waals surface area contributed by atoms with Crippen molar-refractivity contribution in [3.8, 4) is 0 Å². The lowest BCUT2D eigenvalue weighted by atomic mass is 10.1. The molecule has 134 valence electrons. The van der Waals surface area contributed by atoms with Crippen molar-refractivity contribution in [2.45, 2.75) is 16.2 Å². The van der Waals surface area contributed by atoms with E-state index in [2.05, 4.69) is 5.32 Å². The van der Waals surface area contributed by atoms with Gasteiger partial charge in [0.25, 0.3) is 0 Å². The van der Waals surface area contributed by atoms with E-state index in [0.29, 0.717) is 17.9 Å². The summed E-state index contributed by atoms with van der Waals surface area (Å²) < 4.78 is 22.3. The van der Waals surface area contributed by atoms with Crippen LogP contribution in [-0.2, 0) is 21.2 Å².